The molecule has 94 valence electrons. The van der Waals surface area contributed by atoms with Crippen LogP contribution in [0, 0.1) is 5.92 Å². The third kappa shape index (κ3) is 3.98. The van der Waals surface area contributed by atoms with Gasteiger partial charge < -0.3 is 10.6 Å². The molecule has 0 aliphatic heterocycles. The largest absolute Gasteiger partial charge is 0.341 e. The second-order valence-corrected chi connectivity index (χ2v) is 5.55. The monoisotopic (exact) mass is 244 g/mol. The highest BCUT2D eigenvalue weighted by atomic mass is 32.2. The fourth-order valence-electron chi connectivity index (χ4n) is 1.96. The van der Waals surface area contributed by atoms with E-state index in [1.54, 1.807) is 11.8 Å². The lowest BCUT2D eigenvalue weighted by atomic mass is 9.85. The van der Waals surface area contributed by atoms with E-state index in [4.69, 9.17) is 5.73 Å². The van der Waals surface area contributed by atoms with Crippen molar-refractivity contribution in [2.45, 2.75) is 38.6 Å². The Hall–Kier alpha value is -0.220. The number of rotatable bonds is 7. The number of likely N-dealkylation sites (N-methyl/N-ethyl adjacent to an activating group) is 1. The molecule has 0 bridgehead atoms. The second kappa shape index (κ2) is 7.17. The van der Waals surface area contributed by atoms with E-state index < -0.39 is 0 Å². The number of nitrogens with zero attached hydrogens (tertiary/aromatic N) is 1. The molecule has 0 aromatic rings. The van der Waals surface area contributed by atoms with Gasteiger partial charge in [-0.2, -0.15) is 11.8 Å². The molecule has 4 heteroatoms. The minimum Gasteiger partial charge on any atom is -0.341 e. The summed E-state index contributed by atoms with van der Waals surface area (Å²) in [5.41, 5.74) is 5.91. The summed E-state index contributed by atoms with van der Waals surface area (Å²) >= 11 is 1.75. The van der Waals surface area contributed by atoms with Crippen LogP contribution in [0.5, 0.6) is 0 Å². The summed E-state index contributed by atoms with van der Waals surface area (Å²) in [6.07, 6.45) is 6.73. The third-order valence-electron chi connectivity index (χ3n) is 3.35. The van der Waals surface area contributed by atoms with Gasteiger partial charge in [0.05, 0.1) is 6.04 Å². The van der Waals surface area contributed by atoms with Gasteiger partial charge in [0.2, 0.25) is 5.91 Å². The van der Waals surface area contributed by atoms with Gasteiger partial charge in [-0.15, -0.1) is 0 Å². The van der Waals surface area contributed by atoms with Gasteiger partial charge in [0.1, 0.15) is 0 Å². The summed E-state index contributed by atoms with van der Waals surface area (Å²) in [7, 11) is 0. The summed E-state index contributed by atoms with van der Waals surface area (Å²) < 4.78 is 0. The molecule has 0 spiro atoms. The lowest BCUT2D eigenvalue weighted by Gasteiger charge is -2.33. The quantitative estimate of drug-likeness (QED) is 0.741. The normalized spacial score (nSPS) is 17.9. The van der Waals surface area contributed by atoms with E-state index in [1.165, 1.54) is 19.3 Å². The minimum absolute atomic E-state index is 0.142. The average Bonchev–Trinajstić information content (AvgIpc) is 2.24. The Balaban J connectivity index is 2.34. The van der Waals surface area contributed by atoms with Gasteiger partial charge in [0.15, 0.2) is 0 Å². The Labute approximate surface area is 103 Å². The Bertz CT molecular complexity index is 219. The van der Waals surface area contributed by atoms with Gasteiger partial charge in [-0.25, -0.2) is 0 Å². The van der Waals surface area contributed by atoms with Gasteiger partial charge in [0.25, 0.3) is 0 Å². The van der Waals surface area contributed by atoms with E-state index in [0.717, 1.165) is 31.2 Å². The second-order valence-electron chi connectivity index (χ2n) is 4.56. The Morgan fingerprint density at radius 2 is 2.25 bits per heavy atom. The van der Waals surface area contributed by atoms with E-state index in [-0.39, 0.29) is 11.9 Å². The van der Waals surface area contributed by atoms with Crippen molar-refractivity contribution in [1.29, 1.82) is 0 Å². The highest BCUT2D eigenvalue weighted by Gasteiger charge is 2.25. The number of hydrogen-bond acceptors (Lipinski definition) is 3. The molecule has 1 atom stereocenters. The van der Waals surface area contributed by atoms with E-state index in [0.29, 0.717) is 0 Å². The molecule has 0 unspecified atom stereocenters. The van der Waals surface area contributed by atoms with Crippen LogP contribution >= 0.6 is 11.8 Å². The molecule has 3 nitrogen and oxygen atoms in total. The van der Waals surface area contributed by atoms with Crippen molar-refractivity contribution in [3.8, 4) is 0 Å². The molecule has 0 heterocycles. The summed E-state index contributed by atoms with van der Waals surface area (Å²) in [5.74, 6) is 1.84. The molecule has 0 aromatic carbocycles. The lowest BCUT2D eigenvalue weighted by molar-refractivity contribution is -0.133. The van der Waals surface area contributed by atoms with Crippen LogP contribution in [0.3, 0.4) is 0 Å². The maximum absolute atomic E-state index is 12.0. The smallest absolute Gasteiger partial charge is 0.239 e. The zero-order valence-electron chi connectivity index (χ0n) is 10.4. The van der Waals surface area contributed by atoms with Gasteiger partial charge in [-0.05, 0) is 44.1 Å². The zero-order chi connectivity index (χ0) is 12.0. The van der Waals surface area contributed by atoms with Crippen LogP contribution in [0.1, 0.15) is 32.6 Å². The van der Waals surface area contributed by atoms with Crippen molar-refractivity contribution >= 4 is 17.7 Å². The molecule has 1 fully saturated rings. The Morgan fingerprint density at radius 3 is 2.69 bits per heavy atom. The standard InChI is InChI=1S/C12H24N2OS/c1-3-14(9-10-5-4-6-10)12(15)11(13)7-8-16-2/h10-11H,3-9,13H2,1-2H3/t11-/m1/s1. The maximum Gasteiger partial charge on any atom is 0.239 e. The molecule has 2 N–H and O–H groups in total. The molecule has 1 rings (SSSR count). The topological polar surface area (TPSA) is 46.3 Å². The molecule has 1 aliphatic carbocycles. The molecule has 1 saturated carbocycles. The first-order valence-electron chi connectivity index (χ1n) is 6.22. The lowest BCUT2D eigenvalue weighted by Crippen LogP contribution is -2.46. The first kappa shape index (κ1) is 13.8. The summed E-state index contributed by atoms with van der Waals surface area (Å²) in [6.45, 7) is 3.75. The van der Waals surface area contributed by atoms with Crippen LogP contribution in [0.15, 0.2) is 0 Å². The third-order valence-corrected chi connectivity index (χ3v) is 3.99. The van der Waals surface area contributed by atoms with Crippen LogP contribution in [0.2, 0.25) is 0 Å². The molecular weight excluding hydrogens is 220 g/mol. The number of thioether (sulfide) groups is 1. The first-order chi connectivity index (χ1) is 7.69. The molecule has 0 aromatic heterocycles. The van der Waals surface area contributed by atoms with Crippen LogP contribution in [-0.4, -0.2) is 41.9 Å². The van der Waals surface area contributed by atoms with Gasteiger partial charge in [-0.1, -0.05) is 6.42 Å². The van der Waals surface area contributed by atoms with Gasteiger partial charge >= 0.3 is 0 Å². The van der Waals surface area contributed by atoms with Crippen LogP contribution in [0.25, 0.3) is 0 Å². The Morgan fingerprint density at radius 1 is 1.56 bits per heavy atom. The van der Waals surface area contributed by atoms with Crippen LogP contribution < -0.4 is 5.73 Å². The number of nitrogens with two attached hydrogens (primary N) is 1. The fourth-order valence-corrected chi connectivity index (χ4v) is 2.45. The van der Waals surface area contributed by atoms with Crippen molar-refractivity contribution in [1.82, 2.24) is 4.90 Å². The van der Waals surface area contributed by atoms with Crippen molar-refractivity contribution in [3.05, 3.63) is 0 Å². The summed E-state index contributed by atoms with van der Waals surface area (Å²) in [4.78, 5) is 14.0. The van der Waals surface area contributed by atoms with Crippen molar-refractivity contribution in [2.75, 3.05) is 25.1 Å². The van der Waals surface area contributed by atoms with E-state index in [1.807, 2.05) is 18.1 Å². The van der Waals surface area contributed by atoms with Crippen LogP contribution in [0.4, 0.5) is 0 Å². The highest BCUT2D eigenvalue weighted by molar-refractivity contribution is 7.98. The number of hydrogen-bond donors (Lipinski definition) is 1. The van der Waals surface area contributed by atoms with Gasteiger partial charge in [-0.3, -0.25) is 4.79 Å². The number of carbonyl (C=O) groups is 1. The predicted octanol–water partition coefficient (Wildman–Crippen LogP) is 1.72. The zero-order valence-corrected chi connectivity index (χ0v) is 11.3. The van der Waals surface area contributed by atoms with Crippen molar-refractivity contribution < 1.29 is 4.79 Å². The number of carbonyl (C=O) groups excluding carboxylic acids is 1. The van der Waals surface area contributed by atoms with E-state index in [9.17, 15) is 4.79 Å². The predicted molar refractivity (Wildman–Crippen MR) is 70.6 cm³/mol. The molecule has 0 saturated heterocycles. The van der Waals surface area contributed by atoms with Crippen molar-refractivity contribution in [3.63, 3.8) is 0 Å². The molecule has 0 radical (unpaired) electrons. The number of amides is 1. The van der Waals surface area contributed by atoms with Crippen molar-refractivity contribution in [2.24, 2.45) is 11.7 Å². The maximum atomic E-state index is 12.0. The molecular formula is C12H24N2OS. The average molecular weight is 244 g/mol. The first-order valence-corrected chi connectivity index (χ1v) is 7.61. The molecule has 1 amide bonds. The SMILES string of the molecule is CCN(CC1CCC1)C(=O)[C@H](N)CCSC. The molecule has 16 heavy (non-hydrogen) atoms. The minimum atomic E-state index is -0.299. The molecule has 1 aliphatic rings. The van der Waals surface area contributed by atoms with E-state index >= 15 is 0 Å². The summed E-state index contributed by atoms with van der Waals surface area (Å²) in [6, 6.07) is -0.299. The van der Waals surface area contributed by atoms with Crippen LogP contribution in [-0.2, 0) is 4.79 Å². The van der Waals surface area contributed by atoms with Gasteiger partial charge in [0, 0.05) is 13.1 Å². The Kier molecular flexibility index (Phi) is 6.21. The summed E-state index contributed by atoms with van der Waals surface area (Å²) in [5, 5.41) is 0. The fraction of sp³-hybridized carbons (Fsp3) is 0.917. The van der Waals surface area contributed by atoms with E-state index in [2.05, 4.69) is 0 Å². The highest BCUT2D eigenvalue weighted by Crippen LogP contribution is 2.27.